The van der Waals surface area contributed by atoms with E-state index in [1.54, 1.807) is 0 Å². The second-order valence-corrected chi connectivity index (χ2v) is 5.34. The molecule has 0 aliphatic heterocycles. The maximum Gasteiger partial charge on any atom is 0.0593 e. The summed E-state index contributed by atoms with van der Waals surface area (Å²) >= 11 is 0. The van der Waals surface area contributed by atoms with Crippen LogP contribution >= 0.6 is 0 Å². The molecule has 0 spiro atoms. The zero-order valence-electron chi connectivity index (χ0n) is 11.7. The normalized spacial score (nSPS) is 29.8. The van der Waals surface area contributed by atoms with Gasteiger partial charge in [-0.05, 0) is 44.6 Å². The Labute approximate surface area is 106 Å². The van der Waals surface area contributed by atoms with Crippen LogP contribution in [0.5, 0.6) is 0 Å². The zero-order chi connectivity index (χ0) is 12.7. The number of likely N-dealkylation sites (N-methyl/N-ethyl adjacent to an activating group) is 1. The number of aliphatic hydroxyl groups is 1. The second kappa shape index (κ2) is 8.06. The van der Waals surface area contributed by atoms with Crippen LogP contribution in [0.4, 0.5) is 0 Å². The highest BCUT2D eigenvalue weighted by Crippen LogP contribution is 2.29. The van der Waals surface area contributed by atoms with Gasteiger partial charge in [-0.3, -0.25) is 0 Å². The van der Waals surface area contributed by atoms with E-state index in [1.165, 1.54) is 12.8 Å². The largest absolute Gasteiger partial charge is 0.393 e. The molecular weight excluding hydrogens is 214 g/mol. The third-order valence-corrected chi connectivity index (χ3v) is 3.90. The summed E-state index contributed by atoms with van der Waals surface area (Å²) in [5.74, 6) is 1.23. The van der Waals surface area contributed by atoms with Gasteiger partial charge >= 0.3 is 0 Å². The Bertz CT molecular complexity index is 199. The van der Waals surface area contributed by atoms with Gasteiger partial charge in [-0.1, -0.05) is 13.8 Å². The minimum Gasteiger partial charge on any atom is -0.393 e. The lowest BCUT2D eigenvalue weighted by Gasteiger charge is -2.35. The fraction of sp³-hybridized carbons (Fsp3) is 1.00. The molecule has 3 heteroatoms. The van der Waals surface area contributed by atoms with Gasteiger partial charge in [0, 0.05) is 19.7 Å². The molecule has 0 aromatic heterocycles. The number of aliphatic hydroxyl groups excluding tert-OH is 1. The first-order chi connectivity index (χ1) is 8.17. The summed E-state index contributed by atoms with van der Waals surface area (Å²) in [5.41, 5.74) is 0. The van der Waals surface area contributed by atoms with E-state index < -0.39 is 0 Å². The van der Waals surface area contributed by atoms with Crippen molar-refractivity contribution in [2.75, 3.05) is 32.8 Å². The lowest BCUT2D eigenvalue weighted by molar-refractivity contribution is 0.0247. The maximum absolute atomic E-state index is 10.0. The monoisotopic (exact) mass is 243 g/mol. The van der Waals surface area contributed by atoms with Crippen molar-refractivity contribution in [1.29, 1.82) is 0 Å². The standard InChI is InChI=1S/C14H29NO2/c1-4-15(8-9-17-5-2)11-13-10-12(3)6-7-14(13)16/h12-14,16H,4-11H2,1-3H3. The first kappa shape index (κ1) is 14.9. The van der Waals surface area contributed by atoms with Crippen LogP contribution < -0.4 is 0 Å². The lowest BCUT2D eigenvalue weighted by atomic mass is 9.80. The van der Waals surface area contributed by atoms with Crippen molar-refractivity contribution in [3.05, 3.63) is 0 Å². The SMILES string of the molecule is CCOCCN(CC)CC1CC(C)CCC1O. The molecule has 0 radical (unpaired) electrons. The van der Waals surface area contributed by atoms with Crippen molar-refractivity contribution >= 4 is 0 Å². The van der Waals surface area contributed by atoms with Crippen LogP contribution in [0.2, 0.25) is 0 Å². The fourth-order valence-corrected chi connectivity index (χ4v) is 2.73. The van der Waals surface area contributed by atoms with Crippen LogP contribution in [-0.4, -0.2) is 49.0 Å². The highest BCUT2D eigenvalue weighted by atomic mass is 16.5. The Morgan fingerprint density at radius 2 is 2.06 bits per heavy atom. The Hall–Kier alpha value is -0.120. The predicted molar refractivity (Wildman–Crippen MR) is 71.1 cm³/mol. The Kier molecular flexibility index (Phi) is 7.09. The molecule has 0 amide bonds. The van der Waals surface area contributed by atoms with Gasteiger partial charge in [0.1, 0.15) is 0 Å². The minimum absolute atomic E-state index is 0.0904. The Balaban J connectivity index is 2.32. The minimum atomic E-state index is -0.0904. The topological polar surface area (TPSA) is 32.7 Å². The van der Waals surface area contributed by atoms with E-state index in [2.05, 4.69) is 18.7 Å². The predicted octanol–water partition coefficient (Wildman–Crippen LogP) is 2.14. The van der Waals surface area contributed by atoms with E-state index in [1.807, 2.05) is 6.92 Å². The molecule has 1 N–H and O–H groups in total. The highest BCUT2D eigenvalue weighted by Gasteiger charge is 2.28. The Morgan fingerprint density at radius 1 is 1.29 bits per heavy atom. The molecule has 17 heavy (non-hydrogen) atoms. The van der Waals surface area contributed by atoms with E-state index in [0.717, 1.165) is 45.2 Å². The van der Waals surface area contributed by atoms with E-state index in [-0.39, 0.29) is 6.10 Å². The average Bonchev–Trinajstić information content (AvgIpc) is 2.32. The van der Waals surface area contributed by atoms with Gasteiger partial charge < -0.3 is 14.7 Å². The molecule has 0 aromatic carbocycles. The summed E-state index contributed by atoms with van der Waals surface area (Å²) in [6.07, 6.45) is 3.25. The summed E-state index contributed by atoms with van der Waals surface area (Å²) < 4.78 is 5.40. The quantitative estimate of drug-likeness (QED) is 0.695. The molecule has 3 atom stereocenters. The molecule has 0 saturated heterocycles. The molecule has 1 fully saturated rings. The lowest BCUT2D eigenvalue weighted by Crippen LogP contribution is -2.39. The van der Waals surface area contributed by atoms with Crippen molar-refractivity contribution in [2.24, 2.45) is 11.8 Å². The zero-order valence-corrected chi connectivity index (χ0v) is 11.7. The number of nitrogens with zero attached hydrogens (tertiary/aromatic N) is 1. The first-order valence-electron chi connectivity index (χ1n) is 7.15. The third-order valence-electron chi connectivity index (χ3n) is 3.90. The molecule has 3 nitrogen and oxygen atoms in total. The van der Waals surface area contributed by atoms with Gasteiger partial charge in [0.2, 0.25) is 0 Å². The van der Waals surface area contributed by atoms with Crippen molar-refractivity contribution in [3.8, 4) is 0 Å². The van der Waals surface area contributed by atoms with Crippen molar-refractivity contribution in [3.63, 3.8) is 0 Å². The molecule has 0 bridgehead atoms. The summed E-state index contributed by atoms with van der Waals surface area (Å²) in [4.78, 5) is 2.40. The van der Waals surface area contributed by atoms with Gasteiger partial charge in [-0.2, -0.15) is 0 Å². The van der Waals surface area contributed by atoms with Gasteiger partial charge in [0.05, 0.1) is 12.7 Å². The Morgan fingerprint density at radius 3 is 2.71 bits per heavy atom. The molecule has 0 aromatic rings. The molecule has 1 rings (SSSR count). The van der Waals surface area contributed by atoms with Crippen LogP contribution in [0.3, 0.4) is 0 Å². The van der Waals surface area contributed by atoms with Crippen LogP contribution in [-0.2, 0) is 4.74 Å². The molecule has 1 aliphatic carbocycles. The molecule has 3 unspecified atom stereocenters. The van der Waals surface area contributed by atoms with Crippen LogP contribution in [0.25, 0.3) is 0 Å². The van der Waals surface area contributed by atoms with Crippen LogP contribution in [0.15, 0.2) is 0 Å². The van der Waals surface area contributed by atoms with Gasteiger partial charge in [0.15, 0.2) is 0 Å². The molecule has 1 saturated carbocycles. The number of hydrogen-bond donors (Lipinski definition) is 1. The van der Waals surface area contributed by atoms with Gasteiger partial charge in [-0.15, -0.1) is 0 Å². The number of hydrogen-bond acceptors (Lipinski definition) is 3. The molecule has 0 heterocycles. The molecular formula is C14H29NO2. The van der Waals surface area contributed by atoms with E-state index in [0.29, 0.717) is 5.92 Å². The number of ether oxygens (including phenoxy) is 1. The summed E-state index contributed by atoms with van der Waals surface area (Å²) in [6.45, 7) is 11.2. The van der Waals surface area contributed by atoms with Gasteiger partial charge in [0.25, 0.3) is 0 Å². The molecule has 1 aliphatic rings. The maximum atomic E-state index is 10.0. The number of rotatable bonds is 7. The molecule has 102 valence electrons. The van der Waals surface area contributed by atoms with Crippen molar-refractivity contribution in [1.82, 2.24) is 4.90 Å². The van der Waals surface area contributed by atoms with Crippen LogP contribution in [0, 0.1) is 11.8 Å². The average molecular weight is 243 g/mol. The van der Waals surface area contributed by atoms with E-state index in [9.17, 15) is 5.11 Å². The first-order valence-corrected chi connectivity index (χ1v) is 7.15. The van der Waals surface area contributed by atoms with Crippen molar-refractivity contribution in [2.45, 2.75) is 46.1 Å². The summed E-state index contributed by atoms with van der Waals surface area (Å²) in [6, 6.07) is 0. The third kappa shape index (κ3) is 5.36. The second-order valence-electron chi connectivity index (χ2n) is 5.34. The highest BCUT2D eigenvalue weighted by molar-refractivity contribution is 4.80. The van der Waals surface area contributed by atoms with E-state index >= 15 is 0 Å². The van der Waals surface area contributed by atoms with Crippen molar-refractivity contribution < 1.29 is 9.84 Å². The van der Waals surface area contributed by atoms with Crippen LogP contribution in [0.1, 0.15) is 40.0 Å². The fourth-order valence-electron chi connectivity index (χ4n) is 2.73. The van der Waals surface area contributed by atoms with Gasteiger partial charge in [-0.25, -0.2) is 0 Å². The van der Waals surface area contributed by atoms with E-state index in [4.69, 9.17) is 4.74 Å². The summed E-state index contributed by atoms with van der Waals surface area (Å²) in [5, 5.41) is 10.0. The summed E-state index contributed by atoms with van der Waals surface area (Å²) in [7, 11) is 0. The smallest absolute Gasteiger partial charge is 0.0593 e.